The van der Waals surface area contributed by atoms with Crippen LogP contribution in [-0.4, -0.2) is 54.3 Å². The van der Waals surface area contributed by atoms with Crippen LogP contribution >= 0.6 is 11.6 Å². The molecule has 0 unspecified atom stereocenters. The molecular formula is C24H24ClF4N7O4. The van der Waals surface area contributed by atoms with Gasteiger partial charge >= 0.3 is 12.1 Å². The van der Waals surface area contributed by atoms with E-state index in [4.69, 9.17) is 26.7 Å². The number of amides is 3. The van der Waals surface area contributed by atoms with Crippen LogP contribution in [0, 0.1) is 11.6 Å². The third-order valence-electron chi connectivity index (χ3n) is 5.51. The number of halogens is 5. The number of carbonyl (C=O) groups excluding carboxylic acids is 2. The molecule has 4 N–H and O–H groups in total. The van der Waals surface area contributed by atoms with Gasteiger partial charge in [-0.1, -0.05) is 46.2 Å². The average molecular weight is 586 g/mol. The number of hydrogen-bond donors (Lipinski definition) is 3. The summed E-state index contributed by atoms with van der Waals surface area (Å²) in [5.41, 5.74) is 0.861. The van der Waals surface area contributed by atoms with Gasteiger partial charge in [0.15, 0.2) is 0 Å². The van der Waals surface area contributed by atoms with Gasteiger partial charge in [0.2, 0.25) is 5.88 Å². The molecule has 0 aliphatic rings. The van der Waals surface area contributed by atoms with Crippen LogP contribution in [0.3, 0.4) is 0 Å². The molecule has 40 heavy (non-hydrogen) atoms. The van der Waals surface area contributed by atoms with E-state index in [1.807, 2.05) is 0 Å². The van der Waals surface area contributed by atoms with Crippen molar-refractivity contribution >= 4 is 29.6 Å². The van der Waals surface area contributed by atoms with Crippen LogP contribution in [-0.2, 0) is 11.3 Å². The summed E-state index contributed by atoms with van der Waals surface area (Å²) >= 11 is 5.89. The topological polar surface area (TPSA) is 147 Å². The summed E-state index contributed by atoms with van der Waals surface area (Å²) < 4.78 is 66.1. The highest BCUT2D eigenvalue weighted by atomic mass is 35.5. The Balaban J connectivity index is 1.65. The lowest BCUT2D eigenvalue weighted by Gasteiger charge is -2.30. The fourth-order valence-electron chi connectivity index (χ4n) is 3.43. The molecule has 3 aromatic rings. The first-order valence-corrected chi connectivity index (χ1v) is 11.9. The van der Waals surface area contributed by atoms with E-state index in [0.29, 0.717) is 5.56 Å². The molecule has 214 valence electrons. The zero-order valence-electron chi connectivity index (χ0n) is 20.9. The molecular weight excluding hydrogens is 562 g/mol. The van der Waals surface area contributed by atoms with Gasteiger partial charge in [-0.05, 0) is 23.8 Å². The lowest BCUT2D eigenvalue weighted by molar-refractivity contribution is -0.0268. The van der Waals surface area contributed by atoms with Crippen molar-refractivity contribution < 1.29 is 36.4 Å². The molecule has 0 radical (unpaired) electrons. The number of carbonyl (C=O) groups is 2. The molecule has 0 aliphatic carbocycles. The SMILES string of the molecule is CN(C(=O)NCc1cccc(F)c1Cl)[C@H](COC(=O)Nc1cc(-c2cccc(F)c2)no1)CC(F)(F)CN=NN. The molecule has 3 amide bonds. The summed E-state index contributed by atoms with van der Waals surface area (Å²) in [5.74, 6) is -0.0149. The predicted octanol–water partition coefficient (Wildman–Crippen LogP) is 5.38. The van der Waals surface area contributed by atoms with Crippen LogP contribution in [0.2, 0.25) is 5.02 Å². The van der Waals surface area contributed by atoms with E-state index in [0.717, 1.165) is 11.0 Å². The number of likely N-dealkylation sites (N-methyl/N-ethyl adjacent to an activating group) is 1. The zero-order valence-corrected chi connectivity index (χ0v) is 21.7. The summed E-state index contributed by atoms with van der Waals surface area (Å²) in [6.45, 7) is -1.94. The second kappa shape index (κ2) is 13.6. The van der Waals surface area contributed by atoms with Crippen molar-refractivity contribution in [1.29, 1.82) is 0 Å². The van der Waals surface area contributed by atoms with Crippen molar-refractivity contribution in [2.75, 3.05) is 25.5 Å². The average Bonchev–Trinajstić information content (AvgIpc) is 3.38. The molecule has 0 bridgehead atoms. The summed E-state index contributed by atoms with van der Waals surface area (Å²) in [4.78, 5) is 25.9. The van der Waals surface area contributed by atoms with Crippen molar-refractivity contribution in [3.63, 3.8) is 0 Å². The summed E-state index contributed by atoms with van der Waals surface area (Å²) in [5, 5.41) is 14.1. The van der Waals surface area contributed by atoms with E-state index in [1.54, 1.807) is 6.07 Å². The molecule has 16 heteroatoms. The quantitative estimate of drug-likeness (QED) is 0.119. The van der Waals surface area contributed by atoms with Crippen LogP contribution in [0.15, 0.2) is 63.4 Å². The molecule has 3 rings (SSSR count). The Morgan fingerprint density at radius 2 is 1.98 bits per heavy atom. The van der Waals surface area contributed by atoms with Crippen molar-refractivity contribution in [2.24, 2.45) is 16.2 Å². The Labute approximate surface area is 230 Å². The molecule has 0 saturated carbocycles. The summed E-state index contributed by atoms with van der Waals surface area (Å²) in [6.07, 6.45) is -2.08. The van der Waals surface area contributed by atoms with Crippen LogP contribution in [0.1, 0.15) is 12.0 Å². The van der Waals surface area contributed by atoms with Gasteiger partial charge in [0.1, 0.15) is 30.5 Å². The minimum absolute atomic E-state index is 0.160. The molecule has 11 nitrogen and oxygen atoms in total. The van der Waals surface area contributed by atoms with Crippen molar-refractivity contribution in [2.45, 2.75) is 24.9 Å². The molecule has 1 aromatic heterocycles. The third kappa shape index (κ3) is 8.56. The monoisotopic (exact) mass is 585 g/mol. The Morgan fingerprint density at radius 3 is 2.70 bits per heavy atom. The number of ether oxygens (including phenoxy) is 1. The summed E-state index contributed by atoms with van der Waals surface area (Å²) in [7, 11) is 1.21. The lowest BCUT2D eigenvalue weighted by Crippen LogP contribution is -2.48. The number of aromatic nitrogens is 1. The first kappa shape index (κ1) is 30.1. The molecule has 2 aromatic carbocycles. The number of nitrogens with zero attached hydrogens (tertiary/aromatic N) is 4. The predicted molar refractivity (Wildman–Crippen MR) is 136 cm³/mol. The highest BCUT2D eigenvalue weighted by Gasteiger charge is 2.36. The van der Waals surface area contributed by atoms with Crippen LogP contribution in [0.5, 0.6) is 0 Å². The van der Waals surface area contributed by atoms with E-state index in [2.05, 4.69) is 26.1 Å². The molecule has 1 atom stereocenters. The van der Waals surface area contributed by atoms with E-state index in [1.165, 1.54) is 43.4 Å². The van der Waals surface area contributed by atoms with Crippen LogP contribution in [0.4, 0.5) is 33.0 Å². The highest BCUT2D eigenvalue weighted by molar-refractivity contribution is 6.31. The van der Waals surface area contributed by atoms with Gasteiger partial charge in [0.05, 0.1) is 11.1 Å². The van der Waals surface area contributed by atoms with Crippen LogP contribution < -0.4 is 16.5 Å². The second-order valence-corrected chi connectivity index (χ2v) is 8.80. The zero-order chi connectivity index (χ0) is 29.3. The fourth-order valence-corrected chi connectivity index (χ4v) is 3.63. The van der Waals surface area contributed by atoms with Crippen LogP contribution in [0.25, 0.3) is 11.3 Å². The first-order chi connectivity index (χ1) is 19.0. The Morgan fingerprint density at radius 1 is 1.23 bits per heavy atom. The number of benzene rings is 2. The van der Waals surface area contributed by atoms with E-state index in [9.17, 15) is 27.2 Å². The minimum Gasteiger partial charge on any atom is -0.447 e. The van der Waals surface area contributed by atoms with E-state index < -0.39 is 55.3 Å². The van der Waals surface area contributed by atoms with Gasteiger partial charge in [-0.25, -0.2) is 27.2 Å². The number of anilines is 1. The molecule has 0 spiro atoms. The van der Waals surface area contributed by atoms with Gasteiger partial charge in [-0.3, -0.25) is 5.32 Å². The van der Waals surface area contributed by atoms with Crippen molar-refractivity contribution in [3.8, 4) is 11.3 Å². The van der Waals surface area contributed by atoms with Crippen molar-refractivity contribution in [3.05, 3.63) is 70.8 Å². The second-order valence-electron chi connectivity index (χ2n) is 8.42. The Kier molecular flexibility index (Phi) is 10.2. The van der Waals surface area contributed by atoms with E-state index >= 15 is 0 Å². The maximum Gasteiger partial charge on any atom is 0.414 e. The maximum atomic E-state index is 14.5. The maximum absolute atomic E-state index is 14.5. The standard InChI is InChI=1S/C24H24ClF4N7O4/c1-36(22(37)31-11-15-5-3-7-18(27)21(15)25)17(10-24(28,29)13-32-35-30)12-39-23(38)33-20-9-19(34-40-20)14-4-2-6-16(26)8-14/h2-9,17H,10-13H2,1H3,(H2,30,32)(H,31,37)(H,33,38)/t17-/m0/s1. The minimum atomic E-state index is -3.47. The molecule has 1 heterocycles. The normalized spacial score (nSPS) is 12.2. The largest absolute Gasteiger partial charge is 0.447 e. The lowest BCUT2D eigenvalue weighted by atomic mass is 10.1. The Bertz CT molecular complexity index is 1360. The third-order valence-corrected chi connectivity index (χ3v) is 5.93. The highest BCUT2D eigenvalue weighted by Crippen LogP contribution is 2.25. The number of hydrogen-bond acceptors (Lipinski definition) is 7. The first-order valence-electron chi connectivity index (χ1n) is 11.5. The molecule has 0 fully saturated rings. The fraction of sp³-hybridized carbons (Fsp3) is 0.292. The number of urea groups is 1. The van der Waals surface area contributed by atoms with Gasteiger partial charge in [-0.2, -0.15) is 5.11 Å². The number of rotatable bonds is 11. The van der Waals surface area contributed by atoms with Gasteiger partial charge in [0.25, 0.3) is 5.92 Å². The molecule has 0 saturated heterocycles. The molecule has 0 aliphatic heterocycles. The van der Waals surface area contributed by atoms with Crippen molar-refractivity contribution in [1.82, 2.24) is 15.4 Å². The van der Waals surface area contributed by atoms with Gasteiger partial charge < -0.3 is 25.3 Å². The Hall–Kier alpha value is -4.40. The van der Waals surface area contributed by atoms with Gasteiger partial charge in [0, 0.05) is 31.6 Å². The number of nitrogens with one attached hydrogen (secondary N) is 2. The van der Waals surface area contributed by atoms with E-state index in [-0.39, 0.29) is 28.7 Å². The summed E-state index contributed by atoms with van der Waals surface area (Å²) in [6, 6.07) is 8.61. The number of alkyl halides is 2. The smallest absolute Gasteiger partial charge is 0.414 e. The van der Waals surface area contributed by atoms with Gasteiger partial charge in [-0.15, -0.1) is 0 Å². The number of nitrogens with two attached hydrogens (primary N) is 1.